The molecule has 0 fully saturated rings. The van der Waals surface area contributed by atoms with Crippen LogP contribution in [-0.2, 0) is 9.59 Å². The number of carboxylic acids is 1. The van der Waals surface area contributed by atoms with Crippen molar-refractivity contribution in [1.82, 2.24) is 10.6 Å². The normalized spacial score (nSPS) is 13.2. The minimum atomic E-state index is -0.839. The Morgan fingerprint density at radius 3 is 2.31 bits per heavy atom. The molecular formula is C11H22N2O3. The van der Waals surface area contributed by atoms with E-state index < -0.39 is 5.97 Å². The van der Waals surface area contributed by atoms with Crippen LogP contribution < -0.4 is 10.6 Å². The Labute approximate surface area is 96.6 Å². The molecule has 5 nitrogen and oxygen atoms in total. The van der Waals surface area contributed by atoms with E-state index in [1.54, 1.807) is 6.92 Å². The van der Waals surface area contributed by atoms with Crippen LogP contribution in [0.3, 0.4) is 0 Å². The van der Waals surface area contributed by atoms with Crippen LogP contribution in [0.4, 0.5) is 0 Å². The summed E-state index contributed by atoms with van der Waals surface area (Å²) in [7, 11) is 0. The minimum Gasteiger partial charge on any atom is -0.481 e. The fourth-order valence-corrected chi connectivity index (χ4v) is 1.08. The van der Waals surface area contributed by atoms with Gasteiger partial charge in [-0.15, -0.1) is 0 Å². The molecule has 0 aliphatic carbocycles. The molecule has 0 bridgehead atoms. The molecule has 1 atom stereocenters. The predicted octanol–water partition coefficient (Wildman–Crippen LogP) is 0.744. The van der Waals surface area contributed by atoms with Crippen molar-refractivity contribution in [2.24, 2.45) is 0 Å². The smallest absolute Gasteiger partial charge is 0.303 e. The summed E-state index contributed by atoms with van der Waals surface area (Å²) in [6, 6.07) is -0.106. The van der Waals surface area contributed by atoms with Crippen molar-refractivity contribution in [2.45, 2.75) is 52.1 Å². The highest BCUT2D eigenvalue weighted by molar-refractivity contribution is 5.78. The van der Waals surface area contributed by atoms with Crippen LogP contribution in [-0.4, -0.2) is 35.1 Å². The Bertz CT molecular complexity index is 246. The molecule has 16 heavy (non-hydrogen) atoms. The Hall–Kier alpha value is -1.10. The average Bonchev–Trinajstić information content (AvgIpc) is 2.10. The molecule has 5 heteroatoms. The molecule has 1 amide bonds. The molecule has 0 heterocycles. The van der Waals surface area contributed by atoms with E-state index in [0.29, 0.717) is 6.42 Å². The molecule has 0 aliphatic heterocycles. The van der Waals surface area contributed by atoms with Gasteiger partial charge in [0.25, 0.3) is 0 Å². The van der Waals surface area contributed by atoms with Gasteiger partial charge in [0.15, 0.2) is 0 Å². The zero-order valence-corrected chi connectivity index (χ0v) is 10.5. The Morgan fingerprint density at radius 1 is 1.31 bits per heavy atom. The first-order chi connectivity index (χ1) is 7.20. The van der Waals surface area contributed by atoms with Crippen molar-refractivity contribution < 1.29 is 14.7 Å². The van der Waals surface area contributed by atoms with Gasteiger partial charge in [0.1, 0.15) is 0 Å². The molecule has 0 saturated heterocycles. The van der Waals surface area contributed by atoms with E-state index in [2.05, 4.69) is 10.6 Å². The fraction of sp³-hybridized carbons (Fsp3) is 0.818. The first kappa shape index (κ1) is 14.9. The van der Waals surface area contributed by atoms with E-state index in [0.717, 1.165) is 0 Å². The topological polar surface area (TPSA) is 78.4 Å². The molecule has 0 spiro atoms. The second-order valence-corrected chi connectivity index (χ2v) is 5.00. The number of rotatable bonds is 6. The van der Waals surface area contributed by atoms with Gasteiger partial charge in [-0.2, -0.15) is 0 Å². The summed E-state index contributed by atoms with van der Waals surface area (Å²) in [6.07, 6.45) is 0.532. The molecule has 0 saturated carbocycles. The lowest BCUT2D eigenvalue weighted by Gasteiger charge is -2.21. The third kappa shape index (κ3) is 9.45. The first-order valence-electron chi connectivity index (χ1n) is 5.47. The third-order valence-electron chi connectivity index (χ3n) is 1.98. The summed E-state index contributed by atoms with van der Waals surface area (Å²) in [4.78, 5) is 21.7. The molecule has 0 radical (unpaired) electrons. The van der Waals surface area contributed by atoms with Crippen LogP contribution >= 0.6 is 0 Å². The predicted molar refractivity (Wildman–Crippen MR) is 62.2 cm³/mol. The number of carbonyl (C=O) groups excluding carboxylic acids is 1. The Kier molecular flexibility index (Phi) is 6.03. The summed E-state index contributed by atoms with van der Waals surface area (Å²) >= 11 is 0. The maximum absolute atomic E-state index is 11.4. The third-order valence-corrected chi connectivity index (χ3v) is 1.98. The van der Waals surface area contributed by atoms with Crippen LogP contribution in [0.5, 0.6) is 0 Å². The first-order valence-corrected chi connectivity index (χ1v) is 5.47. The van der Waals surface area contributed by atoms with E-state index in [1.165, 1.54) is 0 Å². The Balaban J connectivity index is 3.74. The number of amides is 1. The molecule has 0 rings (SSSR count). The van der Waals surface area contributed by atoms with Gasteiger partial charge in [0.2, 0.25) is 5.91 Å². The molecule has 1 unspecified atom stereocenters. The van der Waals surface area contributed by atoms with Crippen LogP contribution in [0.2, 0.25) is 0 Å². The number of carboxylic acid groups (broad SMARTS) is 1. The van der Waals surface area contributed by atoms with Crippen molar-refractivity contribution in [2.75, 3.05) is 6.54 Å². The zero-order valence-electron chi connectivity index (χ0n) is 10.5. The van der Waals surface area contributed by atoms with Crippen LogP contribution in [0.15, 0.2) is 0 Å². The number of aliphatic carboxylic acids is 1. The van der Waals surface area contributed by atoms with Gasteiger partial charge in [0.05, 0.1) is 6.54 Å². The lowest BCUT2D eigenvalue weighted by Crippen LogP contribution is -2.45. The SMILES string of the molecule is CC(CCC(=O)O)NC(=O)CNC(C)(C)C. The average molecular weight is 230 g/mol. The highest BCUT2D eigenvalue weighted by Gasteiger charge is 2.13. The molecular weight excluding hydrogens is 208 g/mol. The number of hydrogen-bond donors (Lipinski definition) is 3. The molecule has 0 aromatic rings. The highest BCUT2D eigenvalue weighted by atomic mass is 16.4. The van der Waals surface area contributed by atoms with E-state index in [-0.39, 0.29) is 30.5 Å². The van der Waals surface area contributed by atoms with E-state index >= 15 is 0 Å². The summed E-state index contributed by atoms with van der Waals surface area (Å²) < 4.78 is 0. The van der Waals surface area contributed by atoms with Gasteiger partial charge >= 0.3 is 5.97 Å². The quantitative estimate of drug-likeness (QED) is 0.629. The van der Waals surface area contributed by atoms with Crippen molar-refractivity contribution in [3.05, 3.63) is 0 Å². The van der Waals surface area contributed by atoms with Crippen molar-refractivity contribution in [1.29, 1.82) is 0 Å². The molecule has 0 aromatic carbocycles. The van der Waals surface area contributed by atoms with Crippen molar-refractivity contribution in [3.63, 3.8) is 0 Å². The second-order valence-electron chi connectivity index (χ2n) is 5.00. The standard InChI is InChI=1S/C11H22N2O3/c1-8(5-6-10(15)16)13-9(14)7-12-11(2,3)4/h8,12H,5-7H2,1-4H3,(H,13,14)(H,15,16). The lowest BCUT2D eigenvalue weighted by molar-refractivity contribution is -0.137. The molecule has 3 N–H and O–H groups in total. The summed E-state index contributed by atoms with van der Waals surface area (Å²) in [5, 5.41) is 14.3. The summed E-state index contributed by atoms with van der Waals surface area (Å²) in [6.45, 7) is 8.00. The van der Waals surface area contributed by atoms with Crippen molar-refractivity contribution >= 4 is 11.9 Å². The zero-order chi connectivity index (χ0) is 12.8. The van der Waals surface area contributed by atoms with Crippen molar-refractivity contribution in [3.8, 4) is 0 Å². The van der Waals surface area contributed by atoms with E-state index in [9.17, 15) is 9.59 Å². The molecule has 0 aromatic heterocycles. The van der Waals surface area contributed by atoms with Crippen LogP contribution in [0.1, 0.15) is 40.5 Å². The maximum Gasteiger partial charge on any atom is 0.303 e. The van der Waals surface area contributed by atoms with E-state index in [4.69, 9.17) is 5.11 Å². The Morgan fingerprint density at radius 2 is 1.88 bits per heavy atom. The lowest BCUT2D eigenvalue weighted by atomic mass is 10.1. The largest absolute Gasteiger partial charge is 0.481 e. The summed E-state index contributed by atoms with van der Waals surface area (Å²) in [5.74, 6) is -0.943. The van der Waals surface area contributed by atoms with Gasteiger partial charge in [0, 0.05) is 18.0 Å². The fourth-order valence-electron chi connectivity index (χ4n) is 1.08. The van der Waals surface area contributed by atoms with Crippen LogP contribution in [0.25, 0.3) is 0 Å². The highest BCUT2D eigenvalue weighted by Crippen LogP contribution is 1.98. The van der Waals surface area contributed by atoms with Gasteiger partial charge in [-0.25, -0.2) is 0 Å². The van der Waals surface area contributed by atoms with Crippen LogP contribution in [0, 0.1) is 0 Å². The molecule has 0 aliphatic rings. The van der Waals surface area contributed by atoms with E-state index in [1.807, 2.05) is 20.8 Å². The summed E-state index contributed by atoms with van der Waals surface area (Å²) in [5.41, 5.74) is -0.0956. The molecule has 94 valence electrons. The van der Waals surface area contributed by atoms with Gasteiger partial charge in [-0.3, -0.25) is 9.59 Å². The number of nitrogens with one attached hydrogen (secondary N) is 2. The monoisotopic (exact) mass is 230 g/mol. The van der Waals surface area contributed by atoms with Gasteiger partial charge in [-0.1, -0.05) is 0 Å². The van der Waals surface area contributed by atoms with Gasteiger partial charge < -0.3 is 15.7 Å². The minimum absolute atomic E-state index is 0.0775. The van der Waals surface area contributed by atoms with Gasteiger partial charge in [-0.05, 0) is 34.1 Å². The second kappa shape index (κ2) is 6.48. The number of carbonyl (C=O) groups is 2. The maximum atomic E-state index is 11.4. The number of hydrogen-bond acceptors (Lipinski definition) is 3.